The Kier molecular flexibility index (Phi) is 5.12. The van der Waals surface area contributed by atoms with Crippen molar-refractivity contribution in [3.8, 4) is 0 Å². The first kappa shape index (κ1) is 15.0. The van der Waals surface area contributed by atoms with Crippen molar-refractivity contribution in [2.75, 3.05) is 6.54 Å². The molecule has 1 atom stereocenters. The third kappa shape index (κ3) is 3.57. The van der Waals surface area contributed by atoms with E-state index in [0.717, 1.165) is 18.5 Å². The number of rotatable bonds is 5. The molecule has 1 fully saturated rings. The molecule has 4 heteroatoms. The van der Waals surface area contributed by atoms with E-state index < -0.39 is 11.8 Å². The van der Waals surface area contributed by atoms with Gasteiger partial charge in [-0.25, -0.2) is 9.18 Å². The van der Waals surface area contributed by atoms with E-state index in [1.165, 1.54) is 37.8 Å². The van der Waals surface area contributed by atoms with E-state index in [-0.39, 0.29) is 5.56 Å². The van der Waals surface area contributed by atoms with Gasteiger partial charge in [0, 0.05) is 12.6 Å². The number of carbonyl (C=O) groups is 1. The van der Waals surface area contributed by atoms with E-state index in [1.807, 2.05) is 0 Å². The van der Waals surface area contributed by atoms with Gasteiger partial charge >= 0.3 is 5.97 Å². The first-order valence-corrected chi connectivity index (χ1v) is 7.37. The Bertz CT molecular complexity index is 474. The molecule has 3 nitrogen and oxygen atoms in total. The molecular formula is C16H22FNO2. The quantitative estimate of drug-likeness (QED) is 0.894. The van der Waals surface area contributed by atoms with Gasteiger partial charge in [-0.05, 0) is 43.5 Å². The van der Waals surface area contributed by atoms with E-state index >= 15 is 0 Å². The van der Waals surface area contributed by atoms with Crippen LogP contribution in [0.4, 0.5) is 4.39 Å². The monoisotopic (exact) mass is 279 g/mol. The first-order chi connectivity index (χ1) is 9.61. The first-order valence-electron chi connectivity index (χ1n) is 7.37. The minimum Gasteiger partial charge on any atom is -0.478 e. The maximum absolute atomic E-state index is 13.4. The van der Waals surface area contributed by atoms with Gasteiger partial charge in [0.15, 0.2) is 0 Å². The Morgan fingerprint density at radius 3 is 2.95 bits per heavy atom. The van der Waals surface area contributed by atoms with Crippen molar-refractivity contribution in [3.63, 3.8) is 0 Å². The zero-order valence-corrected chi connectivity index (χ0v) is 11.9. The van der Waals surface area contributed by atoms with E-state index in [1.54, 1.807) is 6.07 Å². The standard InChI is InChI=1S/C16H22FNO2/c1-2-5-13-6-3-4-9-18(13)11-12-7-8-15(17)14(10-12)16(19)20/h7-8,10,13H,2-6,9,11H2,1H3,(H,19,20). The second kappa shape index (κ2) is 6.84. The van der Waals surface area contributed by atoms with Crippen LogP contribution in [0.15, 0.2) is 18.2 Å². The number of carboxylic acids is 1. The summed E-state index contributed by atoms with van der Waals surface area (Å²) < 4.78 is 13.4. The molecule has 0 amide bonds. The van der Waals surface area contributed by atoms with Crippen molar-refractivity contribution in [3.05, 3.63) is 35.1 Å². The topological polar surface area (TPSA) is 40.5 Å². The van der Waals surface area contributed by atoms with Crippen LogP contribution in [0.2, 0.25) is 0 Å². The molecule has 2 rings (SSSR count). The summed E-state index contributed by atoms with van der Waals surface area (Å²) in [5, 5.41) is 8.98. The molecule has 0 aromatic heterocycles. The van der Waals surface area contributed by atoms with Gasteiger partial charge in [-0.2, -0.15) is 0 Å². The predicted molar refractivity (Wildman–Crippen MR) is 76.3 cm³/mol. The Hall–Kier alpha value is -1.42. The highest BCUT2D eigenvalue weighted by Gasteiger charge is 2.22. The van der Waals surface area contributed by atoms with Gasteiger partial charge in [-0.1, -0.05) is 25.8 Å². The second-order valence-corrected chi connectivity index (χ2v) is 5.53. The summed E-state index contributed by atoms with van der Waals surface area (Å²) in [5.74, 6) is -1.86. The number of benzene rings is 1. The summed E-state index contributed by atoms with van der Waals surface area (Å²) in [6.45, 7) is 3.95. The summed E-state index contributed by atoms with van der Waals surface area (Å²) in [7, 11) is 0. The van der Waals surface area contributed by atoms with Crippen LogP contribution in [-0.4, -0.2) is 28.6 Å². The number of nitrogens with zero attached hydrogens (tertiary/aromatic N) is 1. The number of piperidine rings is 1. The number of carboxylic acid groups (broad SMARTS) is 1. The zero-order valence-electron chi connectivity index (χ0n) is 11.9. The van der Waals surface area contributed by atoms with Crippen molar-refractivity contribution in [1.82, 2.24) is 4.90 Å². The van der Waals surface area contributed by atoms with Crippen molar-refractivity contribution in [2.45, 2.75) is 51.6 Å². The van der Waals surface area contributed by atoms with E-state index in [9.17, 15) is 9.18 Å². The fourth-order valence-corrected chi connectivity index (χ4v) is 3.00. The van der Waals surface area contributed by atoms with Gasteiger partial charge in [-0.3, -0.25) is 4.90 Å². The molecule has 0 aliphatic carbocycles. The van der Waals surface area contributed by atoms with Crippen LogP contribution in [0.3, 0.4) is 0 Å². The molecule has 1 aromatic rings. The molecule has 1 N–H and O–H groups in total. The predicted octanol–water partition coefficient (Wildman–Crippen LogP) is 3.68. The average molecular weight is 279 g/mol. The van der Waals surface area contributed by atoms with Crippen LogP contribution in [0, 0.1) is 5.82 Å². The van der Waals surface area contributed by atoms with Crippen LogP contribution in [-0.2, 0) is 6.54 Å². The van der Waals surface area contributed by atoms with Gasteiger partial charge in [0.1, 0.15) is 5.82 Å². The SMILES string of the molecule is CCCC1CCCCN1Cc1ccc(F)c(C(=O)O)c1. The Morgan fingerprint density at radius 1 is 1.45 bits per heavy atom. The lowest BCUT2D eigenvalue weighted by molar-refractivity contribution is 0.0691. The van der Waals surface area contributed by atoms with Crippen LogP contribution in [0.25, 0.3) is 0 Å². The van der Waals surface area contributed by atoms with Crippen molar-refractivity contribution < 1.29 is 14.3 Å². The number of halogens is 1. The minimum atomic E-state index is -1.20. The van der Waals surface area contributed by atoms with E-state index in [4.69, 9.17) is 5.11 Å². The highest BCUT2D eigenvalue weighted by atomic mass is 19.1. The van der Waals surface area contributed by atoms with Gasteiger partial charge < -0.3 is 5.11 Å². The van der Waals surface area contributed by atoms with E-state index in [2.05, 4.69) is 11.8 Å². The zero-order chi connectivity index (χ0) is 14.5. The molecule has 1 aliphatic rings. The molecule has 1 unspecified atom stereocenters. The molecule has 1 heterocycles. The number of aromatic carboxylic acids is 1. The lowest BCUT2D eigenvalue weighted by atomic mass is 9.97. The lowest BCUT2D eigenvalue weighted by Crippen LogP contribution is -2.38. The third-order valence-electron chi connectivity index (χ3n) is 4.02. The summed E-state index contributed by atoms with van der Waals surface area (Å²) in [6, 6.07) is 5.00. The third-order valence-corrected chi connectivity index (χ3v) is 4.02. The Morgan fingerprint density at radius 2 is 2.25 bits per heavy atom. The minimum absolute atomic E-state index is 0.230. The molecule has 0 radical (unpaired) electrons. The smallest absolute Gasteiger partial charge is 0.338 e. The summed E-state index contributed by atoms with van der Waals surface area (Å²) in [6.07, 6.45) is 6.00. The fraction of sp³-hybridized carbons (Fsp3) is 0.562. The largest absolute Gasteiger partial charge is 0.478 e. The summed E-state index contributed by atoms with van der Waals surface area (Å²) >= 11 is 0. The summed E-state index contributed by atoms with van der Waals surface area (Å²) in [4.78, 5) is 13.4. The molecule has 1 saturated heterocycles. The number of hydrogen-bond donors (Lipinski definition) is 1. The van der Waals surface area contributed by atoms with Gasteiger partial charge in [-0.15, -0.1) is 0 Å². The summed E-state index contributed by atoms with van der Waals surface area (Å²) in [5.41, 5.74) is 0.651. The Balaban J connectivity index is 2.11. The van der Waals surface area contributed by atoms with Crippen LogP contribution < -0.4 is 0 Å². The van der Waals surface area contributed by atoms with E-state index in [0.29, 0.717) is 12.6 Å². The second-order valence-electron chi connectivity index (χ2n) is 5.53. The molecule has 20 heavy (non-hydrogen) atoms. The normalized spacial score (nSPS) is 20.0. The number of likely N-dealkylation sites (tertiary alicyclic amines) is 1. The van der Waals surface area contributed by atoms with Crippen molar-refractivity contribution in [2.24, 2.45) is 0 Å². The molecule has 0 saturated carbocycles. The number of hydrogen-bond acceptors (Lipinski definition) is 2. The average Bonchev–Trinajstić information content (AvgIpc) is 2.43. The fourth-order valence-electron chi connectivity index (χ4n) is 3.00. The molecule has 1 aromatic carbocycles. The molecule has 0 spiro atoms. The maximum atomic E-state index is 13.4. The molecule has 110 valence electrons. The van der Waals surface area contributed by atoms with Gasteiger partial charge in [0.2, 0.25) is 0 Å². The molecule has 1 aliphatic heterocycles. The maximum Gasteiger partial charge on any atom is 0.338 e. The van der Waals surface area contributed by atoms with Crippen molar-refractivity contribution in [1.29, 1.82) is 0 Å². The van der Waals surface area contributed by atoms with Gasteiger partial charge in [0.05, 0.1) is 5.56 Å². The van der Waals surface area contributed by atoms with Gasteiger partial charge in [0.25, 0.3) is 0 Å². The Labute approximate surface area is 119 Å². The van der Waals surface area contributed by atoms with Crippen LogP contribution in [0.1, 0.15) is 54.9 Å². The molecule has 0 bridgehead atoms. The molecular weight excluding hydrogens is 257 g/mol. The van der Waals surface area contributed by atoms with Crippen LogP contribution >= 0.6 is 0 Å². The van der Waals surface area contributed by atoms with Crippen molar-refractivity contribution >= 4 is 5.97 Å². The highest BCUT2D eigenvalue weighted by Crippen LogP contribution is 2.23. The van der Waals surface area contributed by atoms with Crippen LogP contribution in [0.5, 0.6) is 0 Å². The lowest BCUT2D eigenvalue weighted by Gasteiger charge is -2.35. The highest BCUT2D eigenvalue weighted by molar-refractivity contribution is 5.88.